The summed E-state index contributed by atoms with van der Waals surface area (Å²) in [6.45, 7) is 5.08. The highest BCUT2D eigenvalue weighted by molar-refractivity contribution is 7.99. The van der Waals surface area contributed by atoms with E-state index in [4.69, 9.17) is 0 Å². The van der Waals surface area contributed by atoms with E-state index in [9.17, 15) is 4.79 Å². The molecule has 0 bridgehead atoms. The van der Waals surface area contributed by atoms with Crippen molar-refractivity contribution in [3.05, 3.63) is 17.0 Å². The third-order valence-electron chi connectivity index (χ3n) is 5.38. The molecule has 0 aromatic carbocycles. The normalized spacial score (nSPS) is 28.6. The molecule has 2 aliphatic heterocycles. The Morgan fingerprint density at radius 2 is 2.13 bits per heavy atom. The lowest BCUT2D eigenvalue weighted by atomic mass is 9.92. The van der Waals surface area contributed by atoms with Crippen LogP contribution in [0, 0.1) is 19.8 Å². The van der Waals surface area contributed by atoms with Crippen LogP contribution in [0.15, 0.2) is 0 Å². The van der Waals surface area contributed by atoms with Gasteiger partial charge in [-0.1, -0.05) is 0 Å². The maximum Gasteiger partial charge on any atom is 0.223 e. The standard InChI is InChI=1S/C17H28N4OS/c1-11-16(12(2)21(4)19-11)17-13(8-15(22)20(17)3)9-18-14-6-5-7-23-10-14/h13-14,17-18H,5-10H2,1-4H3/t13-,14-,17+/m0/s1. The summed E-state index contributed by atoms with van der Waals surface area (Å²) in [5.41, 5.74) is 3.47. The average Bonchev–Trinajstić information content (AvgIpc) is 2.95. The van der Waals surface area contributed by atoms with Gasteiger partial charge in [-0.3, -0.25) is 9.48 Å². The molecule has 3 rings (SSSR count). The van der Waals surface area contributed by atoms with Gasteiger partial charge in [0.1, 0.15) is 0 Å². The number of carbonyl (C=O) groups is 1. The zero-order valence-electron chi connectivity index (χ0n) is 14.6. The van der Waals surface area contributed by atoms with E-state index in [1.165, 1.54) is 35.6 Å². The minimum atomic E-state index is 0.153. The summed E-state index contributed by atoms with van der Waals surface area (Å²) >= 11 is 2.04. The Hall–Kier alpha value is -1.01. The van der Waals surface area contributed by atoms with E-state index in [2.05, 4.69) is 24.3 Å². The van der Waals surface area contributed by atoms with Crippen LogP contribution in [0.1, 0.15) is 42.3 Å². The molecule has 1 aromatic rings. The van der Waals surface area contributed by atoms with Gasteiger partial charge in [0.15, 0.2) is 0 Å². The Bertz CT molecular complexity index is 579. The first-order valence-corrected chi connectivity index (χ1v) is 9.71. The summed E-state index contributed by atoms with van der Waals surface area (Å²) in [5.74, 6) is 3.08. The highest BCUT2D eigenvalue weighted by Crippen LogP contribution is 2.39. The fourth-order valence-corrected chi connectivity index (χ4v) is 5.11. The first-order chi connectivity index (χ1) is 11.0. The molecule has 0 saturated carbocycles. The monoisotopic (exact) mass is 336 g/mol. The molecule has 0 radical (unpaired) electrons. The quantitative estimate of drug-likeness (QED) is 0.914. The van der Waals surface area contributed by atoms with E-state index in [0.717, 1.165) is 12.2 Å². The highest BCUT2D eigenvalue weighted by Gasteiger charge is 2.40. The minimum absolute atomic E-state index is 0.153. The van der Waals surface area contributed by atoms with Crippen LogP contribution in [0.4, 0.5) is 0 Å². The van der Waals surface area contributed by atoms with Gasteiger partial charge in [-0.2, -0.15) is 16.9 Å². The van der Waals surface area contributed by atoms with Gasteiger partial charge in [0, 0.05) is 56.0 Å². The van der Waals surface area contributed by atoms with Crippen molar-refractivity contribution in [2.45, 2.75) is 45.2 Å². The number of nitrogens with zero attached hydrogens (tertiary/aromatic N) is 3. The Labute approximate surface area is 143 Å². The smallest absolute Gasteiger partial charge is 0.223 e. The minimum Gasteiger partial charge on any atom is -0.338 e. The molecular formula is C17H28N4OS. The molecule has 3 heterocycles. The lowest BCUT2D eigenvalue weighted by Crippen LogP contribution is -2.38. The summed E-state index contributed by atoms with van der Waals surface area (Å²) in [7, 11) is 3.92. The number of aryl methyl sites for hydroxylation is 2. The number of nitrogens with one attached hydrogen (secondary N) is 1. The zero-order chi connectivity index (χ0) is 16.6. The van der Waals surface area contributed by atoms with E-state index in [1.54, 1.807) is 0 Å². The predicted molar refractivity (Wildman–Crippen MR) is 94.6 cm³/mol. The highest BCUT2D eigenvalue weighted by atomic mass is 32.2. The summed E-state index contributed by atoms with van der Waals surface area (Å²) in [5, 5.41) is 8.28. The van der Waals surface area contributed by atoms with Gasteiger partial charge in [0.2, 0.25) is 5.91 Å². The van der Waals surface area contributed by atoms with Crippen molar-refractivity contribution in [2.75, 3.05) is 25.1 Å². The topological polar surface area (TPSA) is 50.2 Å². The molecule has 5 nitrogen and oxygen atoms in total. The third-order valence-corrected chi connectivity index (χ3v) is 6.60. The van der Waals surface area contributed by atoms with Gasteiger partial charge in [-0.25, -0.2) is 0 Å². The maximum absolute atomic E-state index is 12.3. The first-order valence-electron chi connectivity index (χ1n) is 8.56. The van der Waals surface area contributed by atoms with Crippen molar-refractivity contribution in [2.24, 2.45) is 13.0 Å². The van der Waals surface area contributed by atoms with Crippen molar-refractivity contribution < 1.29 is 4.79 Å². The number of rotatable bonds is 4. The van der Waals surface area contributed by atoms with Gasteiger partial charge in [0.05, 0.1) is 11.7 Å². The molecule has 0 spiro atoms. The van der Waals surface area contributed by atoms with Crippen LogP contribution in [0.25, 0.3) is 0 Å². The van der Waals surface area contributed by atoms with Crippen LogP contribution in [0.5, 0.6) is 0 Å². The number of aromatic nitrogens is 2. The molecule has 0 unspecified atom stereocenters. The lowest BCUT2D eigenvalue weighted by Gasteiger charge is -2.28. The predicted octanol–water partition coefficient (Wildman–Crippen LogP) is 2.04. The van der Waals surface area contributed by atoms with Crippen LogP contribution < -0.4 is 5.32 Å². The van der Waals surface area contributed by atoms with Gasteiger partial charge >= 0.3 is 0 Å². The average molecular weight is 337 g/mol. The van der Waals surface area contributed by atoms with Crippen LogP contribution in [0.2, 0.25) is 0 Å². The van der Waals surface area contributed by atoms with Crippen LogP contribution in [-0.4, -0.2) is 51.7 Å². The van der Waals surface area contributed by atoms with Crippen molar-refractivity contribution in [1.29, 1.82) is 0 Å². The Morgan fingerprint density at radius 3 is 2.74 bits per heavy atom. The molecule has 2 aliphatic rings. The summed E-state index contributed by atoms with van der Waals surface area (Å²) < 4.78 is 1.93. The van der Waals surface area contributed by atoms with Crippen LogP contribution in [-0.2, 0) is 11.8 Å². The largest absolute Gasteiger partial charge is 0.338 e. The Balaban J connectivity index is 1.76. The van der Waals surface area contributed by atoms with E-state index in [0.29, 0.717) is 18.4 Å². The summed E-state index contributed by atoms with van der Waals surface area (Å²) in [6, 6.07) is 0.756. The number of hydrogen-bond acceptors (Lipinski definition) is 4. The molecule has 1 N–H and O–H groups in total. The van der Waals surface area contributed by atoms with Crippen molar-refractivity contribution >= 4 is 17.7 Å². The van der Waals surface area contributed by atoms with E-state index < -0.39 is 0 Å². The lowest BCUT2D eigenvalue weighted by molar-refractivity contribution is -0.127. The fraction of sp³-hybridized carbons (Fsp3) is 0.765. The molecule has 3 atom stereocenters. The van der Waals surface area contributed by atoms with Crippen molar-refractivity contribution in [3.63, 3.8) is 0 Å². The van der Waals surface area contributed by atoms with E-state index >= 15 is 0 Å². The molecule has 1 aromatic heterocycles. The van der Waals surface area contributed by atoms with Crippen LogP contribution >= 0.6 is 11.8 Å². The maximum atomic E-state index is 12.3. The molecule has 2 fully saturated rings. The summed E-state index contributed by atoms with van der Waals surface area (Å²) in [4.78, 5) is 14.2. The second-order valence-corrected chi connectivity index (χ2v) is 8.09. The van der Waals surface area contributed by atoms with Gasteiger partial charge in [0.25, 0.3) is 0 Å². The Kier molecular flexibility index (Phi) is 5.01. The number of hydrogen-bond donors (Lipinski definition) is 1. The van der Waals surface area contributed by atoms with Crippen molar-refractivity contribution in [3.8, 4) is 0 Å². The molecule has 128 valence electrons. The molecule has 6 heteroatoms. The number of carbonyl (C=O) groups excluding carboxylic acids is 1. The molecule has 2 saturated heterocycles. The molecular weight excluding hydrogens is 308 g/mol. The van der Waals surface area contributed by atoms with E-state index in [-0.39, 0.29) is 11.9 Å². The second-order valence-electron chi connectivity index (χ2n) is 6.94. The van der Waals surface area contributed by atoms with Gasteiger partial charge in [-0.05, 0) is 32.4 Å². The fourth-order valence-electron chi connectivity index (χ4n) is 4.00. The van der Waals surface area contributed by atoms with Gasteiger partial charge in [-0.15, -0.1) is 0 Å². The number of likely N-dealkylation sites (tertiary alicyclic amines) is 1. The molecule has 1 amide bonds. The third kappa shape index (κ3) is 3.29. The summed E-state index contributed by atoms with van der Waals surface area (Å²) in [6.07, 6.45) is 3.21. The first kappa shape index (κ1) is 16.8. The zero-order valence-corrected chi connectivity index (χ0v) is 15.4. The second kappa shape index (κ2) is 6.85. The number of thioether (sulfide) groups is 1. The van der Waals surface area contributed by atoms with Crippen molar-refractivity contribution in [1.82, 2.24) is 20.0 Å². The van der Waals surface area contributed by atoms with Gasteiger partial charge < -0.3 is 10.2 Å². The Morgan fingerprint density at radius 1 is 1.35 bits per heavy atom. The van der Waals surface area contributed by atoms with E-state index in [1.807, 2.05) is 35.4 Å². The SMILES string of the molecule is Cc1nn(C)c(C)c1[C@H]1[C@H](CN[C@H]2CCCSC2)CC(=O)N1C. The molecule has 0 aliphatic carbocycles. The molecule has 23 heavy (non-hydrogen) atoms. The van der Waals surface area contributed by atoms with Crippen LogP contribution in [0.3, 0.4) is 0 Å². The number of amides is 1.